The van der Waals surface area contributed by atoms with Crippen LogP contribution < -0.4 is 34.9 Å². The van der Waals surface area contributed by atoms with Crippen LogP contribution in [0.4, 0.5) is 0 Å². The van der Waals surface area contributed by atoms with Gasteiger partial charge in [-0.15, -0.1) is 0 Å². The van der Waals surface area contributed by atoms with E-state index < -0.39 is 21.8 Å². The summed E-state index contributed by atoms with van der Waals surface area (Å²) in [6, 6.07) is 0. The summed E-state index contributed by atoms with van der Waals surface area (Å²) >= 11 is 0. The van der Waals surface area contributed by atoms with Gasteiger partial charge in [0.05, 0.1) is 12.4 Å². The van der Waals surface area contributed by atoms with Gasteiger partial charge in [0, 0.05) is 18.3 Å². The molecular formula is C8H15NNaO5S+. The molecule has 0 aromatic carbocycles. The quantitative estimate of drug-likeness (QED) is 0.228. The van der Waals surface area contributed by atoms with Crippen LogP contribution in [0.3, 0.4) is 0 Å². The molecule has 0 unspecified atom stereocenters. The summed E-state index contributed by atoms with van der Waals surface area (Å²) in [5.74, 6) is -0.893. The van der Waals surface area contributed by atoms with Crippen molar-refractivity contribution in [3.8, 4) is 0 Å². The van der Waals surface area contributed by atoms with E-state index in [9.17, 15) is 13.2 Å². The topological polar surface area (TPSA) is 92.7 Å². The maximum absolute atomic E-state index is 10.9. The molecule has 0 aromatic rings. The molecule has 0 atom stereocenters. The zero-order chi connectivity index (χ0) is 11.9. The van der Waals surface area contributed by atoms with Crippen LogP contribution in [-0.4, -0.2) is 37.8 Å². The van der Waals surface area contributed by atoms with Crippen LogP contribution in [0.15, 0.2) is 11.8 Å². The van der Waals surface area contributed by atoms with Crippen LogP contribution in [0.25, 0.3) is 0 Å². The predicted molar refractivity (Wildman–Crippen MR) is 54.8 cm³/mol. The summed E-state index contributed by atoms with van der Waals surface area (Å²) in [5, 5.41) is 2.65. The molecule has 0 saturated heterocycles. The van der Waals surface area contributed by atoms with Crippen LogP contribution in [0, 0.1) is 0 Å². The summed E-state index contributed by atoms with van der Waals surface area (Å²) in [6.07, 6.45) is 1.22. The second-order valence-corrected chi connectivity index (χ2v) is 4.36. The van der Waals surface area contributed by atoms with E-state index in [0.717, 1.165) is 0 Å². The van der Waals surface area contributed by atoms with Crippen molar-refractivity contribution in [2.75, 3.05) is 18.9 Å². The number of carbonyl (C=O) groups excluding carboxylic acids is 1. The van der Waals surface area contributed by atoms with Crippen molar-refractivity contribution in [1.29, 1.82) is 0 Å². The molecule has 0 aliphatic rings. The maximum atomic E-state index is 10.9. The van der Waals surface area contributed by atoms with Crippen molar-refractivity contribution in [3.63, 3.8) is 0 Å². The van der Waals surface area contributed by atoms with Gasteiger partial charge in [-0.25, -0.2) is 4.79 Å². The Balaban J connectivity index is 0. The van der Waals surface area contributed by atoms with E-state index in [0.29, 0.717) is 5.70 Å². The number of rotatable bonds is 6. The Morgan fingerprint density at radius 1 is 1.50 bits per heavy atom. The molecule has 0 spiro atoms. The summed E-state index contributed by atoms with van der Waals surface area (Å²) in [6.45, 7) is 3.61. The van der Waals surface area contributed by atoms with Crippen molar-refractivity contribution in [2.45, 2.75) is 13.8 Å². The molecule has 0 heterocycles. The normalized spacial score (nSPS) is 11.6. The summed E-state index contributed by atoms with van der Waals surface area (Å²) in [7, 11) is -3.96. The zero-order valence-corrected chi connectivity index (χ0v) is 12.5. The molecule has 0 radical (unpaired) electrons. The number of carbonyl (C=O) groups is 1. The molecule has 0 aromatic heterocycles. The van der Waals surface area contributed by atoms with E-state index >= 15 is 0 Å². The van der Waals surface area contributed by atoms with E-state index in [2.05, 4.69) is 10.1 Å². The standard InChI is InChI=1S/C8H15NO5S.Na/c1-3-14-8(10)6-7(2)9-4-5-15(11,12)13;/h6,9H,3-5H2,1-2H3,(H,11,12,13);/q;+1/b7-6+;. The molecule has 6 nitrogen and oxygen atoms in total. The third kappa shape index (κ3) is 12.0. The van der Waals surface area contributed by atoms with Crippen molar-refractivity contribution in [2.24, 2.45) is 0 Å². The molecule has 0 aliphatic carbocycles. The van der Waals surface area contributed by atoms with Gasteiger partial charge in [-0.2, -0.15) is 8.42 Å². The Kier molecular flexibility index (Phi) is 10.3. The van der Waals surface area contributed by atoms with Gasteiger partial charge in [-0.1, -0.05) is 0 Å². The Morgan fingerprint density at radius 2 is 2.06 bits per heavy atom. The van der Waals surface area contributed by atoms with E-state index in [4.69, 9.17) is 4.55 Å². The second kappa shape index (κ2) is 9.00. The third-order valence-electron chi connectivity index (χ3n) is 1.38. The fourth-order valence-corrected chi connectivity index (χ4v) is 1.15. The monoisotopic (exact) mass is 260 g/mol. The number of esters is 1. The first kappa shape index (κ1) is 18.3. The molecule has 0 fully saturated rings. The van der Waals surface area contributed by atoms with Crippen molar-refractivity contribution >= 4 is 16.1 Å². The molecule has 0 aliphatic heterocycles. The minimum atomic E-state index is -3.96. The average Bonchev–Trinajstić information content (AvgIpc) is 2.01. The van der Waals surface area contributed by atoms with Gasteiger partial charge in [0.25, 0.3) is 10.1 Å². The minimum absolute atomic E-state index is 0. The fourth-order valence-electron chi connectivity index (χ4n) is 0.789. The molecule has 0 amide bonds. The second-order valence-electron chi connectivity index (χ2n) is 2.79. The van der Waals surface area contributed by atoms with E-state index in [1.165, 1.54) is 6.08 Å². The number of nitrogens with one attached hydrogen (secondary N) is 1. The van der Waals surface area contributed by atoms with Gasteiger partial charge in [-0.3, -0.25) is 4.55 Å². The Morgan fingerprint density at radius 3 is 2.50 bits per heavy atom. The number of ether oxygens (including phenoxy) is 1. The molecule has 0 bridgehead atoms. The molecule has 16 heavy (non-hydrogen) atoms. The van der Waals surface area contributed by atoms with Crippen molar-refractivity contribution in [1.82, 2.24) is 5.32 Å². The van der Waals surface area contributed by atoms with Crippen LogP contribution in [0.5, 0.6) is 0 Å². The largest absolute Gasteiger partial charge is 1.00 e. The van der Waals surface area contributed by atoms with Gasteiger partial charge in [0.1, 0.15) is 0 Å². The molecule has 8 heteroatoms. The van der Waals surface area contributed by atoms with Gasteiger partial charge in [0.2, 0.25) is 0 Å². The van der Waals surface area contributed by atoms with E-state index in [-0.39, 0.29) is 42.7 Å². The smallest absolute Gasteiger partial charge is 0.463 e. The summed E-state index contributed by atoms with van der Waals surface area (Å²) in [5.41, 5.74) is 0.483. The Labute approximate surface area is 117 Å². The average molecular weight is 260 g/mol. The van der Waals surface area contributed by atoms with Crippen molar-refractivity contribution < 1.29 is 52.1 Å². The van der Waals surface area contributed by atoms with Crippen LogP contribution in [0.2, 0.25) is 0 Å². The molecular weight excluding hydrogens is 245 g/mol. The first-order chi connectivity index (χ1) is 6.85. The maximum Gasteiger partial charge on any atom is 1.00 e. The van der Waals surface area contributed by atoms with Crippen LogP contribution >= 0.6 is 0 Å². The number of hydrogen-bond donors (Lipinski definition) is 2. The van der Waals surface area contributed by atoms with Crippen LogP contribution in [-0.2, 0) is 19.6 Å². The van der Waals surface area contributed by atoms with Gasteiger partial charge in [-0.05, 0) is 13.8 Å². The Hall–Kier alpha value is -0.0800. The zero-order valence-electron chi connectivity index (χ0n) is 9.69. The van der Waals surface area contributed by atoms with Crippen LogP contribution in [0.1, 0.15) is 13.8 Å². The third-order valence-corrected chi connectivity index (χ3v) is 2.10. The van der Waals surface area contributed by atoms with Gasteiger partial charge >= 0.3 is 35.5 Å². The van der Waals surface area contributed by atoms with Gasteiger partial charge in [0.15, 0.2) is 0 Å². The van der Waals surface area contributed by atoms with E-state index in [1.54, 1.807) is 13.8 Å². The fraction of sp³-hybridized carbons (Fsp3) is 0.625. The van der Waals surface area contributed by atoms with E-state index in [1.807, 2.05) is 0 Å². The van der Waals surface area contributed by atoms with Gasteiger partial charge < -0.3 is 10.1 Å². The SMILES string of the molecule is CCOC(=O)/C=C(\C)NCCS(=O)(=O)O.[Na+]. The molecule has 2 N–H and O–H groups in total. The molecule has 0 rings (SSSR count). The predicted octanol–water partition coefficient (Wildman–Crippen LogP) is -3.07. The first-order valence-electron chi connectivity index (χ1n) is 4.39. The summed E-state index contributed by atoms with van der Waals surface area (Å²) in [4.78, 5) is 10.9. The Bertz CT molecular complexity index is 338. The summed E-state index contributed by atoms with van der Waals surface area (Å²) < 4.78 is 33.7. The molecule has 88 valence electrons. The molecule has 0 saturated carbocycles. The van der Waals surface area contributed by atoms with Crippen molar-refractivity contribution in [3.05, 3.63) is 11.8 Å². The number of hydrogen-bond acceptors (Lipinski definition) is 5. The minimum Gasteiger partial charge on any atom is -0.463 e. The number of allylic oxidation sites excluding steroid dienone is 1. The first-order valence-corrected chi connectivity index (χ1v) is 6.00.